The van der Waals surface area contributed by atoms with Crippen molar-refractivity contribution in [1.29, 1.82) is 0 Å². The Morgan fingerprint density at radius 3 is 2.37 bits per heavy atom. The molecule has 2 aromatic carbocycles. The molecular formula is C20H19F2N3O4S. The fourth-order valence-corrected chi connectivity index (χ4v) is 3.49. The van der Waals surface area contributed by atoms with Crippen molar-refractivity contribution in [3.63, 3.8) is 0 Å². The van der Waals surface area contributed by atoms with Crippen molar-refractivity contribution in [2.45, 2.75) is 18.2 Å². The largest absolute Gasteiger partial charge is 0.396 e. The summed E-state index contributed by atoms with van der Waals surface area (Å²) >= 11 is 0. The zero-order valence-corrected chi connectivity index (χ0v) is 16.7. The van der Waals surface area contributed by atoms with Crippen LogP contribution in [0.1, 0.15) is 12.5 Å². The number of halogens is 2. The van der Waals surface area contributed by atoms with Crippen LogP contribution in [0.3, 0.4) is 0 Å². The Hall–Kier alpha value is -2.95. The van der Waals surface area contributed by atoms with E-state index in [9.17, 15) is 27.1 Å². The second kappa shape index (κ2) is 8.42. The summed E-state index contributed by atoms with van der Waals surface area (Å²) in [4.78, 5) is 13.0. The predicted octanol–water partition coefficient (Wildman–Crippen LogP) is 2.00. The van der Waals surface area contributed by atoms with Gasteiger partial charge < -0.3 is 5.11 Å². The van der Waals surface area contributed by atoms with Gasteiger partial charge in [-0.05, 0) is 42.2 Å². The highest BCUT2D eigenvalue weighted by Gasteiger charge is 2.18. The molecule has 7 nitrogen and oxygen atoms in total. The first-order chi connectivity index (χ1) is 14.1. The van der Waals surface area contributed by atoms with E-state index in [0.717, 1.165) is 16.8 Å². The molecular weight excluding hydrogens is 416 g/mol. The van der Waals surface area contributed by atoms with Gasteiger partial charge in [0.2, 0.25) is 10.0 Å². The summed E-state index contributed by atoms with van der Waals surface area (Å²) in [5.41, 5.74) is 0.728. The Bertz CT molecular complexity index is 1240. The predicted molar refractivity (Wildman–Crippen MR) is 107 cm³/mol. The molecule has 10 heteroatoms. The van der Waals surface area contributed by atoms with Crippen molar-refractivity contribution in [3.05, 3.63) is 76.2 Å². The van der Waals surface area contributed by atoms with Gasteiger partial charge in [0.25, 0.3) is 5.56 Å². The summed E-state index contributed by atoms with van der Waals surface area (Å²) in [6.45, 7) is 1.58. The molecule has 3 N–H and O–H groups in total. The molecule has 1 aromatic heterocycles. The van der Waals surface area contributed by atoms with E-state index in [-0.39, 0.29) is 29.5 Å². The third-order valence-electron chi connectivity index (χ3n) is 4.58. The Morgan fingerprint density at radius 1 is 1.13 bits per heavy atom. The molecule has 0 amide bonds. The van der Waals surface area contributed by atoms with Crippen LogP contribution in [0.4, 0.5) is 8.78 Å². The van der Waals surface area contributed by atoms with Crippen LogP contribution in [0.5, 0.6) is 0 Å². The summed E-state index contributed by atoms with van der Waals surface area (Å²) in [5.74, 6) is -2.43. The summed E-state index contributed by atoms with van der Waals surface area (Å²) in [6.07, 6.45) is 1.57. The maximum Gasteiger partial charge on any atom is 0.275 e. The SMILES string of the molecule is C[C@@H](CO)Cc1c(-c2ccc(S(N)(=O)=O)cc2)cnn(-c2ccc(F)c(F)c2)c1=O. The van der Waals surface area contributed by atoms with E-state index in [1.54, 1.807) is 6.92 Å². The number of hydrogen-bond donors (Lipinski definition) is 2. The van der Waals surface area contributed by atoms with Crippen molar-refractivity contribution in [1.82, 2.24) is 9.78 Å². The van der Waals surface area contributed by atoms with Crippen LogP contribution in [0.15, 0.2) is 58.4 Å². The number of nitrogens with two attached hydrogens (primary N) is 1. The molecule has 158 valence electrons. The van der Waals surface area contributed by atoms with Crippen LogP contribution in [0.25, 0.3) is 16.8 Å². The number of aromatic nitrogens is 2. The average molecular weight is 435 g/mol. The molecule has 0 spiro atoms. The number of sulfonamides is 1. The lowest BCUT2D eigenvalue weighted by atomic mass is 9.95. The highest BCUT2D eigenvalue weighted by atomic mass is 32.2. The highest BCUT2D eigenvalue weighted by molar-refractivity contribution is 7.89. The molecule has 3 rings (SSSR count). The molecule has 0 radical (unpaired) electrons. The molecule has 0 aliphatic rings. The quantitative estimate of drug-likeness (QED) is 0.615. The fourth-order valence-electron chi connectivity index (χ4n) is 2.97. The molecule has 1 atom stereocenters. The van der Waals surface area contributed by atoms with Gasteiger partial charge in [0.15, 0.2) is 11.6 Å². The zero-order chi connectivity index (χ0) is 22.1. The van der Waals surface area contributed by atoms with E-state index in [0.29, 0.717) is 16.7 Å². The topological polar surface area (TPSA) is 115 Å². The van der Waals surface area contributed by atoms with Gasteiger partial charge in [0, 0.05) is 23.8 Å². The minimum absolute atomic E-state index is 0.0490. The van der Waals surface area contributed by atoms with Gasteiger partial charge >= 0.3 is 0 Å². The normalized spacial score (nSPS) is 12.7. The van der Waals surface area contributed by atoms with Gasteiger partial charge in [-0.25, -0.2) is 22.3 Å². The van der Waals surface area contributed by atoms with Gasteiger partial charge in [-0.2, -0.15) is 9.78 Å². The van der Waals surface area contributed by atoms with Crippen LogP contribution in [0, 0.1) is 17.6 Å². The Kier molecular flexibility index (Phi) is 6.11. The minimum Gasteiger partial charge on any atom is -0.396 e. The number of benzene rings is 2. The first-order valence-electron chi connectivity index (χ1n) is 8.92. The molecule has 30 heavy (non-hydrogen) atoms. The van der Waals surface area contributed by atoms with Crippen LogP contribution in [-0.2, 0) is 16.4 Å². The van der Waals surface area contributed by atoms with E-state index < -0.39 is 27.2 Å². The van der Waals surface area contributed by atoms with Crippen LogP contribution in [0.2, 0.25) is 0 Å². The summed E-state index contributed by atoms with van der Waals surface area (Å²) in [5, 5.41) is 18.6. The number of primary sulfonamides is 1. The summed E-state index contributed by atoms with van der Waals surface area (Å²) in [6, 6.07) is 8.59. The molecule has 0 saturated carbocycles. The van der Waals surface area contributed by atoms with E-state index in [4.69, 9.17) is 5.14 Å². The number of aliphatic hydroxyl groups is 1. The monoisotopic (exact) mass is 435 g/mol. The second-order valence-electron chi connectivity index (χ2n) is 6.91. The fraction of sp³-hybridized carbons (Fsp3) is 0.200. The van der Waals surface area contributed by atoms with E-state index >= 15 is 0 Å². The van der Waals surface area contributed by atoms with Crippen molar-refractivity contribution < 1.29 is 22.3 Å². The zero-order valence-electron chi connectivity index (χ0n) is 15.9. The van der Waals surface area contributed by atoms with Crippen molar-refractivity contribution in [2.75, 3.05) is 6.61 Å². The van der Waals surface area contributed by atoms with E-state index in [2.05, 4.69) is 5.10 Å². The standard InChI is InChI=1S/C20H19F2N3O4S/c1-12(11-26)8-16-17(13-2-5-15(6-3-13)30(23,28)29)10-24-25(20(16)27)14-4-7-18(21)19(22)9-14/h2-7,9-10,12,26H,8,11H2,1H3,(H2,23,28,29)/t12-/m1/s1. The number of rotatable bonds is 6. The van der Waals surface area contributed by atoms with Crippen molar-refractivity contribution in [3.8, 4) is 16.8 Å². The van der Waals surface area contributed by atoms with Gasteiger partial charge in [0.1, 0.15) is 0 Å². The maximum absolute atomic E-state index is 13.6. The molecule has 0 saturated heterocycles. The van der Waals surface area contributed by atoms with Gasteiger partial charge in [0.05, 0.1) is 16.8 Å². The lowest BCUT2D eigenvalue weighted by Crippen LogP contribution is -2.27. The molecule has 0 bridgehead atoms. The molecule has 0 aliphatic carbocycles. The van der Waals surface area contributed by atoms with Crippen LogP contribution in [-0.4, -0.2) is 29.9 Å². The lowest BCUT2D eigenvalue weighted by Gasteiger charge is -2.15. The second-order valence-corrected chi connectivity index (χ2v) is 8.47. The first-order valence-corrected chi connectivity index (χ1v) is 10.5. The molecule has 3 aromatic rings. The minimum atomic E-state index is -3.87. The smallest absolute Gasteiger partial charge is 0.275 e. The Morgan fingerprint density at radius 2 is 1.80 bits per heavy atom. The Labute approximate surface area is 171 Å². The number of hydrogen-bond acceptors (Lipinski definition) is 5. The third kappa shape index (κ3) is 4.45. The third-order valence-corrected chi connectivity index (χ3v) is 5.51. The summed E-state index contributed by atoms with van der Waals surface area (Å²) in [7, 11) is -3.87. The van der Waals surface area contributed by atoms with E-state index in [1.165, 1.54) is 36.5 Å². The van der Waals surface area contributed by atoms with Gasteiger partial charge in [-0.15, -0.1) is 0 Å². The molecule has 0 aliphatic heterocycles. The van der Waals surface area contributed by atoms with Gasteiger partial charge in [-0.1, -0.05) is 19.1 Å². The Balaban J connectivity index is 2.17. The summed E-state index contributed by atoms with van der Waals surface area (Å²) < 4.78 is 50.8. The molecule has 0 unspecified atom stereocenters. The van der Waals surface area contributed by atoms with Crippen molar-refractivity contribution in [2.24, 2.45) is 11.1 Å². The van der Waals surface area contributed by atoms with Crippen LogP contribution >= 0.6 is 0 Å². The van der Waals surface area contributed by atoms with Crippen LogP contribution < -0.4 is 10.7 Å². The van der Waals surface area contributed by atoms with E-state index in [1.807, 2.05) is 0 Å². The molecule has 0 fully saturated rings. The molecule has 1 heterocycles. The lowest BCUT2D eigenvalue weighted by molar-refractivity contribution is 0.236. The highest BCUT2D eigenvalue weighted by Crippen LogP contribution is 2.25. The maximum atomic E-state index is 13.6. The number of nitrogens with zero attached hydrogens (tertiary/aromatic N) is 2. The number of aliphatic hydroxyl groups excluding tert-OH is 1. The average Bonchev–Trinajstić information content (AvgIpc) is 2.71. The van der Waals surface area contributed by atoms with Crippen molar-refractivity contribution >= 4 is 10.0 Å². The van der Waals surface area contributed by atoms with Gasteiger partial charge in [-0.3, -0.25) is 4.79 Å². The first kappa shape index (κ1) is 21.8.